The van der Waals surface area contributed by atoms with Crippen LogP contribution in [-0.4, -0.2) is 23.7 Å². The van der Waals surface area contributed by atoms with Gasteiger partial charge in [0.05, 0.1) is 5.92 Å². The smallest absolute Gasteiger partial charge is 0.308 e. The van der Waals surface area contributed by atoms with Crippen molar-refractivity contribution in [2.24, 2.45) is 5.92 Å². The first-order valence-electron chi connectivity index (χ1n) is 7.65. The van der Waals surface area contributed by atoms with Crippen LogP contribution in [0.4, 0.5) is 5.69 Å². The van der Waals surface area contributed by atoms with E-state index in [0.29, 0.717) is 0 Å². The zero-order valence-electron chi connectivity index (χ0n) is 12.3. The van der Waals surface area contributed by atoms with Crippen molar-refractivity contribution in [3.8, 4) is 0 Å². The standard InChI is InChI=1S/C18H21NO2/c1-13(18(20)21)16-10-4-5-12-19(16)17-11-6-8-14-7-2-3-9-15(14)17/h2-3,6-9,11,13,16H,4-5,10,12H2,1H3,(H,20,21). The van der Waals surface area contributed by atoms with E-state index in [1.165, 1.54) is 16.5 Å². The lowest BCUT2D eigenvalue weighted by Crippen LogP contribution is -2.46. The number of fused-ring (bicyclic) bond motifs is 1. The third-order valence-corrected chi connectivity index (χ3v) is 4.59. The van der Waals surface area contributed by atoms with Crippen LogP contribution >= 0.6 is 0 Å². The third kappa shape index (κ3) is 2.60. The molecule has 0 spiro atoms. The van der Waals surface area contributed by atoms with Crippen molar-refractivity contribution in [3.05, 3.63) is 42.5 Å². The molecule has 0 radical (unpaired) electrons. The summed E-state index contributed by atoms with van der Waals surface area (Å²) in [5.74, 6) is -1.04. The summed E-state index contributed by atoms with van der Waals surface area (Å²) in [6, 6.07) is 14.7. The average Bonchev–Trinajstić information content (AvgIpc) is 2.53. The molecule has 0 aromatic heterocycles. The lowest BCUT2D eigenvalue weighted by molar-refractivity contribution is -0.142. The third-order valence-electron chi connectivity index (χ3n) is 4.59. The minimum atomic E-state index is -0.702. The Kier molecular flexibility index (Phi) is 3.82. The summed E-state index contributed by atoms with van der Waals surface area (Å²) in [5.41, 5.74) is 1.17. The molecule has 0 amide bonds. The van der Waals surface area contributed by atoms with Crippen LogP contribution in [0.15, 0.2) is 42.5 Å². The van der Waals surface area contributed by atoms with E-state index in [9.17, 15) is 9.90 Å². The van der Waals surface area contributed by atoms with Crippen molar-refractivity contribution in [3.63, 3.8) is 0 Å². The number of hydrogen-bond donors (Lipinski definition) is 1. The lowest BCUT2D eigenvalue weighted by atomic mass is 9.90. The molecule has 1 saturated heterocycles. The van der Waals surface area contributed by atoms with E-state index in [-0.39, 0.29) is 12.0 Å². The molecule has 0 aliphatic carbocycles. The van der Waals surface area contributed by atoms with Gasteiger partial charge in [0.2, 0.25) is 0 Å². The number of benzene rings is 2. The number of anilines is 1. The highest BCUT2D eigenvalue weighted by molar-refractivity contribution is 5.94. The maximum absolute atomic E-state index is 11.4. The molecule has 3 nitrogen and oxygen atoms in total. The largest absolute Gasteiger partial charge is 0.481 e. The van der Waals surface area contributed by atoms with Crippen LogP contribution in [-0.2, 0) is 4.79 Å². The average molecular weight is 283 g/mol. The van der Waals surface area contributed by atoms with Crippen LogP contribution in [0.25, 0.3) is 10.8 Å². The quantitative estimate of drug-likeness (QED) is 0.928. The number of carboxylic acids is 1. The van der Waals surface area contributed by atoms with Crippen molar-refractivity contribution in [2.45, 2.75) is 32.2 Å². The zero-order valence-corrected chi connectivity index (χ0v) is 12.3. The Bertz CT molecular complexity index is 647. The molecule has 1 fully saturated rings. The summed E-state index contributed by atoms with van der Waals surface area (Å²) in [5, 5.41) is 11.8. The summed E-state index contributed by atoms with van der Waals surface area (Å²) in [6.45, 7) is 2.77. The maximum atomic E-state index is 11.4. The molecule has 2 aromatic rings. The fourth-order valence-electron chi connectivity index (χ4n) is 3.40. The first-order valence-corrected chi connectivity index (χ1v) is 7.65. The molecule has 2 unspecified atom stereocenters. The highest BCUT2D eigenvalue weighted by Crippen LogP contribution is 2.34. The second-order valence-electron chi connectivity index (χ2n) is 5.88. The van der Waals surface area contributed by atoms with Gasteiger partial charge in [0, 0.05) is 23.7 Å². The van der Waals surface area contributed by atoms with Gasteiger partial charge < -0.3 is 10.0 Å². The van der Waals surface area contributed by atoms with Gasteiger partial charge >= 0.3 is 5.97 Å². The van der Waals surface area contributed by atoms with E-state index in [0.717, 1.165) is 25.8 Å². The molecule has 1 N–H and O–H groups in total. The molecule has 3 rings (SSSR count). The molecule has 0 saturated carbocycles. The molecule has 2 aromatic carbocycles. The predicted octanol–water partition coefficient (Wildman–Crippen LogP) is 3.92. The van der Waals surface area contributed by atoms with E-state index < -0.39 is 5.97 Å². The van der Waals surface area contributed by atoms with Gasteiger partial charge in [0.15, 0.2) is 0 Å². The summed E-state index contributed by atoms with van der Waals surface area (Å²) in [6.07, 6.45) is 3.20. The maximum Gasteiger partial charge on any atom is 0.308 e. The monoisotopic (exact) mass is 283 g/mol. The van der Waals surface area contributed by atoms with Crippen molar-refractivity contribution >= 4 is 22.4 Å². The Morgan fingerprint density at radius 1 is 1.19 bits per heavy atom. The first kappa shape index (κ1) is 13.9. The van der Waals surface area contributed by atoms with Gasteiger partial charge in [0.25, 0.3) is 0 Å². The number of nitrogens with zero attached hydrogens (tertiary/aromatic N) is 1. The highest BCUT2D eigenvalue weighted by Gasteiger charge is 2.32. The molecule has 1 heterocycles. The normalized spacial score (nSPS) is 20.4. The molecule has 21 heavy (non-hydrogen) atoms. The van der Waals surface area contributed by atoms with E-state index >= 15 is 0 Å². The van der Waals surface area contributed by atoms with Gasteiger partial charge in [0.1, 0.15) is 0 Å². The van der Waals surface area contributed by atoms with Crippen LogP contribution in [0, 0.1) is 5.92 Å². The lowest BCUT2D eigenvalue weighted by Gasteiger charge is -2.40. The van der Waals surface area contributed by atoms with E-state index in [1.54, 1.807) is 0 Å². The minimum Gasteiger partial charge on any atom is -0.481 e. The van der Waals surface area contributed by atoms with Gasteiger partial charge in [-0.2, -0.15) is 0 Å². The van der Waals surface area contributed by atoms with Crippen molar-refractivity contribution < 1.29 is 9.90 Å². The Morgan fingerprint density at radius 3 is 2.76 bits per heavy atom. The minimum absolute atomic E-state index is 0.0852. The second kappa shape index (κ2) is 5.76. The van der Waals surface area contributed by atoms with Gasteiger partial charge in [-0.3, -0.25) is 4.79 Å². The summed E-state index contributed by atoms with van der Waals surface area (Å²) >= 11 is 0. The predicted molar refractivity (Wildman–Crippen MR) is 85.7 cm³/mol. The molecule has 2 atom stereocenters. The highest BCUT2D eigenvalue weighted by atomic mass is 16.4. The molecule has 1 aliphatic rings. The van der Waals surface area contributed by atoms with Crippen molar-refractivity contribution in [2.75, 3.05) is 11.4 Å². The van der Waals surface area contributed by atoms with Crippen LogP contribution in [0.5, 0.6) is 0 Å². The summed E-state index contributed by atoms with van der Waals surface area (Å²) in [7, 11) is 0. The van der Waals surface area contributed by atoms with Crippen LogP contribution < -0.4 is 4.90 Å². The zero-order chi connectivity index (χ0) is 14.8. The van der Waals surface area contributed by atoms with Crippen LogP contribution in [0.3, 0.4) is 0 Å². The van der Waals surface area contributed by atoms with Gasteiger partial charge in [-0.05, 0) is 37.6 Å². The Balaban J connectivity index is 2.04. The number of rotatable bonds is 3. The number of hydrogen-bond acceptors (Lipinski definition) is 2. The number of piperidine rings is 1. The number of aliphatic carboxylic acids is 1. The number of carboxylic acid groups (broad SMARTS) is 1. The van der Waals surface area contributed by atoms with Crippen LogP contribution in [0.1, 0.15) is 26.2 Å². The summed E-state index contributed by atoms with van der Waals surface area (Å²) < 4.78 is 0. The van der Waals surface area contributed by atoms with Gasteiger partial charge in [-0.15, -0.1) is 0 Å². The fourth-order valence-corrected chi connectivity index (χ4v) is 3.40. The Morgan fingerprint density at radius 2 is 1.95 bits per heavy atom. The topological polar surface area (TPSA) is 40.5 Å². The molecule has 0 bridgehead atoms. The molecular formula is C18H21NO2. The second-order valence-corrected chi connectivity index (χ2v) is 5.88. The molecular weight excluding hydrogens is 262 g/mol. The van der Waals surface area contributed by atoms with Crippen LogP contribution in [0.2, 0.25) is 0 Å². The first-order chi connectivity index (χ1) is 10.2. The molecule has 110 valence electrons. The van der Waals surface area contributed by atoms with E-state index in [2.05, 4.69) is 35.2 Å². The molecule has 3 heteroatoms. The Hall–Kier alpha value is -2.03. The van der Waals surface area contributed by atoms with Gasteiger partial charge in [-0.1, -0.05) is 36.4 Å². The van der Waals surface area contributed by atoms with Crippen molar-refractivity contribution in [1.29, 1.82) is 0 Å². The Labute approximate surface area is 125 Å². The van der Waals surface area contributed by atoms with E-state index in [4.69, 9.17) is 0 Å². The van der Waals surface area contributed by atoms with Gasteiger partial charge in [-0.25, -0.2) is 0 Å². The summed E-state index contributed by atoms with van der Waals surface area (Å²) in [4.78, 5) is 13.7. The fraction of sp³-hybridized carbons (Fsp3) is 0.389. The number of carbonyl (C=O) groups is 1. The van der Waals surface area contributed by atoms with E-state index in [1.807, 2.05) is 19.1 Å². The van der Waals surface area contributed by atoms with Crippen molar-refractivity contribution in [1.82, 2.24) is 0 Å². The SMILES string of the molecule is CC(C(=O)O)C1CCCCN1c1cccc2ccccc12. The molecule has 1 aliphatic heterocycles.